The van der Waals surface area contributed by atoms with E-state index in [9.17, 15) is 9.59 Å². The quantitative estimate of drug-likeness (QED) is 0.759. The minimum Gasteiger partial charge on any atom is -0.370 e. The average Bonchev–Trinajstić information content (AvgIpc) is 2.41. The first-order chi connectivity index (χ1) is 9.58. The van der Waals surface area contributed by atoms with Gasteiger partial charge in [0.05, 0.1) is 5.69 Å². The number of nitrogens with zero attached hydrogens (tertiary/aromatic N) is 1. The number of urea groups is 1. The number of thioether (sulfide) groups is 1. The minimum absolute atomic E-state index is 0.113. The average molecular weight is 295 g/mol. The van der Waals surface area contributed by atoms with Gasteiger partial charge in [-0.25, -0.2) is 4.79 Å². The molecule has 0 saturated heterocycles. The third-order valence-corrected chi connectivity index (χ3v) is 3.86. The van der Waals surface area contributed by atoms with Crippen molar-refractivity contribution >= 4 is 29.4 Å². The summed E-state index contributed by atoms with van der Waals surface area (Å²) >= 11 is 1.51. The standard InChI is InChI=1S/C14H21N3O2S/c1-3-17(4-2)14(19)16-11-7-5-6-8-12(11)20-10-9-13(15)18/h5-8H,3-4,9-10H2,1-2H3,(H2,15,18)(H,16,19). The van der Waals surface area contributed by atoms with Gasteiger partial charge in [-0.05, 0) is 26.0 Å². The van der Waals surface area contributed by atoms with E-state index in [-0.39, 0.29) is 11.9 Å². The zero-order valence-corrected chi connectivity index (χ0v) is 12.7. The fourth-order valence-corrected chi connectivity index (χ4v) is 2.63. The molecule has 1 aromatic rings. The summed E-state index contributed by atoms with van der Waals surface area (Å²) in [6.45, 7) is 5.21. The number of nitrogens with two attached hydrogens (primary N) is 1. The number of para-hydroxylation sites is 1. The van der Waals surface area contributed by atoms with Crippen LogP contribution in [0.25, 0.3) is 0 Å². The summed E-state index contributed by atoms with van der Waals surface area (Å²) in [4.78, 5) is 25.4. The third-order valence-electron chi connectivity index (χ3n) is 2.79. The molecule has 0 radical (unpaired) electrons. The summed E-state index contributed by atoms with van der Waals surface area (Å²) in [7, 11) is 0. The number of anilines is 1. The molecule has 0 heterocycles. The lowest BCUT2D eigenvalue weighted by molar-refractivity contribution is -0.117. The number of nitrogens with one attached hydrogen (secondary N) is 1. The van der Waals surface area contributed by atoms with Crippen molar-refractivity contribution < 1.29 is 9.59 Å². The minimum atomic E-state index is -0.317. The molecule has 5 nitrogen and oxygen atoms in total. The van der Waals surface area contributed by atoms with Crippen molar-refractivity contribution in [3.05, 3.63) is 24.3 Å². The number of hydrogen-bond acceptors (Lipinski definition) is 3. The first kappa shape index (κ1) is 16.4. The van der Waals surface area contributed by atoms with Crippen molar-refractivity contribution in [1.29, 1.82) is 0 Å². The van der Waals surface area contributed by atoms with Crippen LogP contribution < -0.4 is 11.1 Å². The van der Waals surface area contributed by atoms with Crippen molar-refractivity contribution in [2.45, 2.75) is 25.2 Å². The van der Waals surface area contributed by atoms with E-state index < -0.39 is 0 Å². The first-order valence-electron chi connectivity index (χ1n) is 6.64. The van der Waals surface area contributed by atoms with Crippen LogP contribution in [0.2, 0.25) is 0 Å². The lowest BCUT2D eigenvalue weighted by Gasteiger charge is -2.20. The molecular formula is C14H21N3O2S. The predicted molar refractivity (Wildman–Crippen MR) is 82.9 cm³/mol. The molecule has 20 heavy (non-hydrogen) atoms. The monoisotopic (exact) mass is 295 g/mol. The Balaban J connectivity index is 2.69. The maximum absolute atomic E-state index is 12.0. The Morgan fingerprint density at radius 3 is 2.50 bits per heavy atom. The molecule has 1 rings (SSSR count). The number of rotatable bonds is 7. The van der Waals surface area contributed by atoms with Crippen LogP contribution in [-0.4, -0.2) is 35.7 Å². The van der Waals surface area contributed by atoms with Gasteiger partial charge in [0.25, 0.3) is 0 Å². The number of hydrogen-bond donors (Lipinski definition) is 2. The highest BCUT2D eigenvalue weighted by atomic mass is 32.2. The topological polar surface area (TPSA) is 75.4 Å². The summed E-state index contributed by atoms with van der Waals surface area (Å²) < 4.78 is 0. The molecule has 0 aromatic heterocycles. The Morgan fingerprint density at radius 1 is 1.25 bits per heavy atom. The van der Waals surface area contributed by atoms with E-state index in [1.165, 1.54) is 11.8 Å². The van der Waals surface area contributed by atoms with Crippen molar-refractivity contribution in [1.82, 2.24) is 4.90 Å². The molecule has 0 saturated carbocycles. The van der Waals surface area contributed by atoms with Crippen LogP contribution in [-0.2, 0) is 4.79 Å². The summed E-state index contributed by atoms with van der Waals surface area (Å²) in [5.74, 6) is 0.287. The summed E-state index contributed by atoms with van der Waals surface area (Å²) in [5.41, 5.74) is 5.89. The molecule has 0 aliphatic rings. The number of benzene rings is 1. The molecule has 6 heteroatoms. The second kappa shape index (κ2) is 8.47. The number of carbonyl (C=O) groups is 2. The van der Waals surface area contributed by atoms with E-state index in [2.05, 4.69) is 5.32 Å². The summed E-state index contributed by atoms with van der Waals surface area (Å²) in [5, 5.41) is 2.90. The molecule has 0 aliphatic carbocycles. The number of amides is 3. The third kappa shape index (κ3) is 5.13. The molecular weight excluding hydrogens is 274 g/mol. The van der Waals surface area contributed by atoms with Gasteiger partial charge < -0.3 is 16.0 Å². The van der Waals surface area contributed by atoms with E-state index in [0.29, 0.717) is 25.3 Å². The Hall–Kier alpha value is -1.69. The van der Waals surface area contributed by atoms with Crippen LogP contribution in [0.1, 0.15) is 20.3 Å². The van der Waals surface area contributed by atoms with E-state index >= 15 is 0 Å². The van der Waals surface area contributed by atoms with Crippen molar-refractivity contribution in [2.24, 2.45) is 5.73 Å². The van der Waals surface area contributed by atoms with Crippen molar-refractivity contribution in [2.75, 3.05) is 24.2 Å². The van der Waals surface area contributed by atoms with E-state index in [0.717, 1.165) is 10.6 Å². The largest absolute Gasteiger partial charge is 0.370 e. The van der Waals surface area contributed by atoms with Gasteiger partial charge in [0.1, 0.15) is 0 Å². The van der Waals surface area contributed by atoms with Crippen LogP contribution >= 0.6 is 11.8 Å². The van der Waals surface area contributed by atoms with Crippen LogP contribution in [0.3, 0.4) is 0 Å². The smallest absolute Gasteiger partial charge is 0.321 e. The Labute approximate surface area is 123 Å². The molecule has 0 unspecified atom stereocenters. The predicted octanol–water partition coefficient (Wildman–Crippen LogP) is 2.53. The van der Waals surface area contributed by atoms with Gasteiger partial charge in [0, 0.05) is 30.2 Å². The molecule has 0 atom stereocenters. The van der Waals surface area contributed by atoms with Gasteiger partial charge in [-0.1, -0.05) is 12.1 Å². The molecule has 3 amide bonds. The van der Waals surface area contributed by atoms with E-state index in [4.69, 9.17) is 5.73 Å². The number of carbonyl (C=O) groups excluding carboxylic acids is 2. The lowest BCUT2D eigenvalue weighted by Crippen LogP contribution is -2.34. The van der Waals surface area contributed by atoms with Crippen LogP contribution in [0.15, 0.2) is 29.2 Å². The lowest BCUT2D eigenvalue weighted by atomic mass is 10.3. The van der Waals surface area contributed by atoms with Gasteiger partial charge in [-0.15, -0.1) is 11.8 Å². The highest BCUT2D eigenvalue weighted by Crippen LogP contribution is 2.27. The van der Waals surface area contributed by atoms with Crippen molar-refractivity contribution in [3.63, 3.8) is 0 Å². The summed E-state index contributed by atoms with van der Waals surface area (Å²) in [6.07, 6.45) is 0.322. The molecule has 0 spiro atoms. The second-order valence-electron chi connectivity index (χ2n) is 4.16. The zero-order valence-electron chi connectivity index (χ0n) is 11.9. The fraction of sp³-hybridized carbons (Fsp3) is 0.429. The Bertz CT molecular complexity index is 461. The van der Waals surface area contributed by atoms with Crippen molar-refractivity contribution in [3.8, 4) is 0 Å². The number of primary amides is 1. The first-order valence-corrected chi connectivity index (χ1v) is 7.63. The Morgan fingerprint density at radius 2 is 1.90 bits per heavy atom. The molecule has 0 bridgehead atoms. The fourth-order valence-electron chi connectivity index (χ4n) is 1.66. The van der Waals surface area contributed by atoms with Gasteiger partial charge >= 0.3 is 6.03 Å². The highest BCUT2D eigenvalue weighted by molar-refractivity contribution is 7.99. The highest BCUT2D eigenvalue weighted by Gasteiger charge is 2.11. The van der Waals surface area contributed by atoms with Gasteiger partial charge in [0.2, 0.25) is 5.91 Å². The van der Waals surface area contributed by atoms with E-state index in [1.807, 2.05) is 38.1 Å². The molecule has 110 valence electrons. The molecule has 0 fully saturated rings. The summed E-state index contributed by atoms with van der Waals surface area (Å²) in [6, 6.07) is 7.44. The zero-order chi connectivity index (χ0) is 15.0. The van der Waals surface area contributed by atoms with E-state index in [1.54, 1.807) is 4.90 Å². The van der Waals surface area contributed by atoms with Crippen LogP contribution in [0, 0.1) is 0 Å². The SMILES string of the molecule is CCN(CC)C(=O)Nc1ccccc1SCCC(N)=O. The van der Waals surface area contributed by atoms with Gasteiger partial charge in [-0.3, -0.25) is 4.79 Å². The van der Waals surface area contributed by atoms with Gasteiger partial charge in [0.15, 0.2) is 0 Å². The van der Waals surface area contributed by atoms with Gasteiger partial charge in [-0.2, -0.15) is 0 Å². The molecule has 1 aromatic carbocycles. The molecule has 3 N–H and O–H groups in total. The van der Waals surface area contributed by atoms with Crippen LogP contribution in [0.4, 0.5) is 10.5 Å². The second-order valence-corrected chi connectivity index (χ2v) is 5.30. The normalized spacial score (nSPS) is 10.1. The van der Waals surface area contributed by atoms with Crippen LogP contribution in [0.5, 0.6) is 0 Å². The molecule has 0 aliphatic heterocycles. The maximum Gasteiger partial charge on any atom is 0.321 e. The Kier molecular flexibility index (Phi) is 6.93. The maximum atomic E-state index is 12.0.